The zero-order valence-corrected chi connectivity index (χ0v) is 13.2. The van der Waals surface area contributed by atoms with Crippen LogP contribution >= 0.6 is 0 Å². The van der Waals surface area contributed by atoms with Gasteiger partial charge in [0.2, 0.25) is 5.91 Å². The molecule has 0 saturated heterocycles. The molecule has 2 aliphatic carbocycles. The number of carboxylic acid groups (broad SMARTS) is 1. The molecule has 0 spiro atoms. The number of benzene rings is 1. The van der Waals surface area contributed by atoms with Crippen LogP contribution in [0.25, 0.3) is 0 Å². The maximum absolute atomic E-state index is 12.7. The van der Waals surface area contributed by atoms with Gasteiger partial charge in [-0.2, -0.15) is 0 Å². The fraction of sp³-hybridized carbons (Fsp3) is 0.529. The smallest absolute Gasteiger partial charge is 0.228 e. The molecule has 1 N–H and O–H groups in total. The van der Waals surface area contributed by atoms with Crippen LogP contribution in [0.5, 0.6) is 11.5 Å². The standard InChI is InChI=1S/C17H21NO5/c1-22-11-5-6-13(23-2)12(8-11)18-16(19)14-9-3-4-10(7-9)15(14)17(20)21/h5-6,8-10,14-15H,3-4,7H2,1-2H3,(H,18,19)(H,20,21)/p-1/t9-,10+,14+,15+/m1/s1. The number of anilines is 1. The van der Waals surface area contributed by atoms with Gasteiger partial charge in [0.15, 0.2) is 0 Å². The van der Waals surface area contributed by atoms with Crippen LogP contribution in [-0.2, 0) is 9.59 Å². The molecule has 2 fully saturated rings. The Balaban J connectivity index is 1.83. The number of carboxylic acids is 1. The zero-order valence-electron chi connectivity index (χ0n) is 13.2. The highest BCUT2D eigenvalue weighted by Crippen LogP contribution is 2.52. The molecule has 1 aromatic rings. The minimum atomic E-state index is -1.12. The molecule has 23 heavy (non-hydrogen) atoms. The van der Waals surface area contributed by atoms with E-state index < -0.39 is 17.8 Å². The molecule has 6 heteroatoms. The quantitative estimate of drug-likeness (QED) is 0.877. The van der Waals surface area contributed by atoms with Crippen molar-refractivity contribution in [3.05, 3.63) is 18.2 Å². The van der Waals surface area contributed by atoms with Crippen LogP contribution in [0.3, 0.4) is 0 Å². The minimum absolute atomic E-state index is 0.0629. The predicted octanol–water partition coefficient (Wildman–Crippen LogP) is 1.05. The number of carbonyl (C=O) groups is 2. The van der Waals surface area contributed by atoms with Crippen molar-refractivity contribution in [2.24, 2.45) is 23.7 Å². The molecular formula is C17H20NO5-. The van der Waals surface area contributed by atoms with E-state index in [4.69, 9.17) is 9.47 Å². The molecule has 3 rings (SSSR count). The summed E-state index contributed by atoms with van der Waals surface area (Å²) in [6.07, 6.45) is 2.57. The molecule has 1 amide bonds. The summed E-state index contributed by atoms with van der Waals surface area (Å²) in [7, 11) is 3.05. The summed E-state index contributed by atoms with van der Waals surface area (Å²) < 4.78 is 10.4. The molecule has 0 unspecified atom stereocenters. The Morgan fingerprint density at radius 2 is 1.83 bits per heavy atom. The Morgan fingerprint density at radius 1 is 1.13 bits per heavy atom. The summed E-state index contributed by atoms with van der Waals surface area (Å²) >= 11 is 0. The fourth-order valence-corrected chi connectivity index (χ4v) is 4.14. The molecule has 2 saturated carbocycles. The highest BCUT2D eigenvalue weighted by molar-refractivity contribution is 5.97. The van der Waals surface area contributed by atoms with Crippen molar-refractivity contribution in [3.63, 3.8) is 0 Å². The number of rotatable bonds is 5. The van der Waals surface area contributed by atoms with Crippen molar-refractivity contribution in [1.29, 1.82) is 0 Å². The molecule has 1 aromatic carbocycles. The van der Waals surface area contributed by atoms with Gasteiger partial charge in [0, 0.05) is 23.9 Å². The molecule has 0 aliphatic heterocycles. The van der Waals surface area contributed by atoms with Gasteiger partial charge in [0.1, 0.15) is 11.5 Å². The van der Waals surface area contributed by atoms with E-state index in [0.717, 1.165) is 19.3 Å². The van der Waals surface area contributed by atoms with Crippen molar-refractivity contribution in [2.75, 3.05) is 19.5 Å². The van der Waals surface area contributed by atoms with Crippen molar-refractivity contribution >= 4 is 17.6 Å². The Bertz CT molecular complexity index is 629. The van der Waals surface area contributed by atoms with Gasteiger partial charge in [-0.05, 0) is 43.2 Å². The Labute approximate surface area is 134 Å². The second-order valence-electron chi connectivity index (χ2n) is 6.26. The van der Waals surface area contributed by atoms with Crippen LogP contribution < -0.4 is 19.9 Å². The number of ether oxygens (including phenoxy) is 2. The summed E-state index contributed by atoms with van der Waals surface area (Å²) in [6, 6.07) is 5.10. The third kappa shape index (κ3) is 2.73. The molecule has 124 valence electrons. The number of fused-ring (bicyclic) bond motifs is 2. The molecule has 0 radical (unpaired) electrons. The first-order chi connectivity index (χ1) is 11.0. The Morgan fingerprint density at radius 3 is 2.43 bits per heavy atom. The average Bonchev–Trinajstić information content (AvgIpc) is 3.15. The zero-order chi connectivity index (χ0) is 16.6. The second kappa shape index (κ2) is 6.10. The van der Waals surface area contributed by atoms with E-state index in [9.17, 15) is 14.7 Å². The van der Waals surface area contributed by atoms with Crippen LogP contribution in [0.1, 0.15) is 19.3 Å². The normalized spacial score (nSPS) is 28.4. The van der Waals surface area contributed by atoms with Gasteiger partial charge in [-0.1, -0.05) is 0 Å². The van der Waals surface area contributed by atoms with E-state index in [1.807, 2.05) is 0 Å². The molecule has 2 aliphatic rings. The molecule has 4 atom stereocenters. The fourth-order valence-electron chi connectivity index (χ4n) is 4.14. The summed E-state index contributed by atoms with van der Waals surface area (Å²) in [5, 5.41) is 14.3. The first-order valence-electron chi connectivity index (χ1n) is 7.79. The van der Waals surface area contributed by atoms with Gasteiger partial charge in [-0.25, -0.2) is 0 Å². The van der Waals surface area contributed by atoms with Crippen LogP contribution in [0.2, 0.25) is 0 Å². The third-order valence-corrected chi connectivity index (χ3v) is 5.16. The van der Waals surface area contributed by atoms with Crippen molar-refractivity contribution in [2.45, 2.75) is 19.3 Å². The lowest BCUT2D eigenvalue weighted by Crippen LogP contribution is -2.44. The van der Waals surface area contributed by atoms with E-state index in [-0.39, 0.29) is 17.7 Å². The number of amides is 1. The van der Waals surface area contributed by atoms with Crippen LogP contribution in [-0.4, -0.2) is 26.1 Å². The van der Waals surface area contributed by atoms with Crippen LogP contribution in [0.4, 0.5) is 5.69 Å². The molecule has 2 bridgehead atoms. The van der Waals surface area contributed by atoms with E-state index in [2.05, 4.69) is 5.32 Å². The second-order valence-corrected chi connectivity index (χ2v) is 6.26. The summed E-state index contributed by atoms with van der Waals surface area (Å²) in [5.41, 5.74) is 0.483. The summed E-state index contributed by atoms with van der Waals surface area (Å²) in [4.78, 5) is 24.1. The summed E-state index contributed by atoms with van der Waals surface area (Å²) in [6.45, 7) is 0. The lowest BCUT2D eigenvalue weighted by molar-refractivity contribution is -0.314. The first-order valence-corrected chi connectivity index (χ1v) is 7.79. The van der Waals surface area contributed by atoms with Gasteiger partial charge in [0.05, 0.1) is 19.9 Å². The van der Waals surface area contributed by atoms with E-state index in [0.29, 0.717) is 17.2 Å². The highest BCUT2D eigenvalue weighted by Gasteiger charge is 2.51. The molecule has 0 heterocycles. The van der Waals surface area contributed by atoms with Crippen molar-refractivity contribution in [3.8, 4) is 11.5 Å². The largest absolute Gasteiger partial charge is 0.550 e. The predicted molar refractivity (Wildman–Crippen MR) is 81.0 cm³/mol. The topological polar surface area (TPSA) is 87.7 Å². The Kier molecular flexibility index (Phi) is 4.15. The maximum Gasteiger partial charge on any atom is 0.228 e. The van der Waals surface area contributed by atoms with E-state index >= 15 is 0 Å². The lowest BCUT2D eigenvalue weighted by atomic mass is 9.78. The van der Waals surface area contributed by atoms with Gasteiger partial charge < -0.3 is 24.7 Å². The minimum Gasteiger partial charge on any atom is -0.550 e. The third-order valence-electron chi connectivity index (χ3n) is 5.16. The SMILES string of the molecule is COc1ccc(OC)c(NC(=O)[C@H]2[C@@H]3CC[C@@H](C3)[C@@H]2C(=O)[O-])c1. The van der Waals surface area contributed by atoms with Crippen molar-refractivity contribution in [1.82, 2.24) is 0 Å². The lowest BCUT2D eigenvalue weighted by Gasteiger charge is -2.30. The molecule has 0 aromatic heterocycles. The van der Waals surface area contributed by atoms with Crippen LogP contribution in [0, 0.1) is 23.7 Å². The number of nitrogens with one attached hydrogen (secondary N) is 1. The number of hydrogen-bond donors (Lipinski definition) is 1. The van der Waals surface area contributed by atoms with Crippen molar-refractivity contribution < 1.29 is 24.2 Å². The van der Waals surface area contributed by atoms with Gasteiger partial charge in [-0.3, -0.25) is 4.79 Å². The van der Waals surface area contributed by atoms with E-state index in [1.165, 1.54) is 14.2 Å². The monoisotopic (exact) mass is 318 g/mol. The highest BCUT2D eigenvalue weighted by atomic mass is 16.5. The average molecular weight is 318 g/mol. The number of methoxy groups -OCH3 is 2. The Hall–Kier alpha value is -2.24. The van der Waals surface area contributed by atoms with Crippen LogP contribution in [0.15, 0.2) is 18.2 Å². The maximum atomic E-state index is 12.7. The summed E-state index contributed by atoms with van der Waals surface area (Å²) in [5.74, 6) is -1.34. The van der Waals surface area contributed by atoms with E-state index in [1.54, 1.807) is 18.2 Å². The first kappa shape index (κ1) is 15.6. The molecule has 6 nitrogen and oxygen atoms in total. The number of hydrogen-bond acceptors (Lipinski definition) is 5. The number of aliphatic carboxylic acids is 1. The van der Waals surface area contributed by atoms with Gasteiger partial charge >= 0.3 is 0 Å². The van der Waals surface area contributed by atoms with Gasteiger partial charge in [0.25, 0.3) is 0 Å². The van der Waals surface area contributed by atoms with Gasteiger partial charge in [-0.15, -0.1) is 0 Å². The molecular weight excluding hydrogens is 298 g/mol. The number of carbonyl (C=O) groups excluding carboxylic acids is 2.